The van der Waals surface area contributed by atoms with Crippen molar-refractivity contribution in [2.24, 2.45) is 0 Å². The van der Waals surface area contributed by atoms with Crippen LogP contribution in [-0.4, -0.2) is 46.2 Å². The second-order valence-corrected chi connectivity index (χ2v) is 5.48. The van der Waals surface area contributed by atoms with Gasteiger partial charge in [0.1, 0.15) is 0 Å². The first-order valence-electron chi connectivity index (χ1n) is 5.12. The third kappa shape index (κ3) is 6.58. The van der Waals surface area contributed by atoms with Gasteiger partial charge >= 0.3 is 13.6 Å². The first-order valence-corrected chi connectivity index (χ1v) is 6.85. The maximum absolute atomic E-state index is 11.6. The van der Waals surface area contributed by atoms with E-state index in [-0.39, 0.29) is 24.9 Å². The van der Waals surface area contributed by atoms with E-state index >= 15 is 0 Å². The Kier molecular flexibility index (Phi) is 8.08. The van der Waals surface area contributed by atoms with Crippen molar-refractivity contribution >= 4 is 13.6 Å². The highest BCUT2D eigenvalue weighted by atomic mass is 31.2. The van der Waals surface area contributed by atoms with Gasteiger partial charge in [-0.15, -0.1) is 0 Å². The Balaban J connectivity index is 3.82. The summed E-state index contributed by atoms with van der Waals surface area (Å²) in [5.74, 6) is -0.492. The third-order valence-corrected chi connectivity index (χ3v) is 3.75. The highest BCUT2D eigenvalue weighted by molar-refractivity contribution is 7.53. The van der Waals surface area contributed by atoms with Crippen LogP contribution in [0.4, 0.5) is 0 Å². The zero-order chi connectivity index (χ0) is 13.3. The number of ether oxygens (including phenoxy) is 2. The zero-order valence-electron chi connectivity index (χ0n) is 10.4. The predicted molar refractivity (Wildman–Crippen MR) is 63.1 cm³/mol. The van der Waals surface area contributed by atoms with Crippen LogP contribution in [-0.2, 0) is 27.9 Å². The molecule has 0 aliphatic carbocycles. The highest BCUT2D eigenvalue weighted by Crippen LogP contribution is 2.45. The molecule has 0 aromatic rings. The number of rotatable bonds is 9. The fourth-order valence-electron chi connectivity index (χ4n) is 0.921. The van der Waals surface area contributed by atoms with Crippen LogP contribution in [0.1, 0.15) is 6.92 Å². The van der Waals surface area contributed by atoms with Gasteiger partial charge in [-0.3, -0.25) is 4.57 Å². The predicted octanol–water partition coefficient (Wildman–Crippen LogP) is 1.61. The first-order chi connectivity index (χ1) is 7.99. The average molecular weight is 266 g/mol. The largest absolute Gasteiger partial charge is 0.463 e. The molecule has 6 nitrogen and oxygen atoms in total. The van der Waals surface area contributed by atoms with Gasteiger partial charge in [0.25, 0.3) is 0 Å². The number of hydrogen-bond acceptors (Lipinski definition) is 6. The maximum Gasteiger partial charge on any atom is 0.335 e. The quantitative estimate of drug-likeness (QED) is 0.273. The van der Waals surface area contributed by atoms with Crippen LogP contribution in [0.2, 0.25) is 0 Å². The lowest BCUT2D eigenvalue weighted by Gasteiger charge is -2.13. The third-order valence-electron chi connectivity index (χ3n) is 1.91. The van der Waals surface area contributed by atoms with Crippen molar-refractivity contribution in [2.75, 3.05) is 40.2 Å². The maximum atomic E-state index is 11.6. The molecular weight excluding hydrogens is 247 g/mol. The Bertz CT molecular complexity index is 293. The van der Waals surface area contributed by atoms with Crippen LogP contribution in [0.15, 0.2) is 12.2 Å². The van der Waals surface area contributed by atoms with Gasteiger partial charge in [0.15, 0.2) is 0 Å². The van der Waals surface area contributed by atoms with Gasteiger partial charge in [-0.1, -0.05) is 6.58 Å². The van der Waals surface area contributed by atoms with Crippen LogP contribution < -0.4 is 0 Å². The Labute approximate surface area is 101 Å². The van der Waals surface area contributed by atoms with Crippen LogP contribution in [0.5, 0.6) is 0 Å². The molecule has 0 unspecified atom stereocenters. The van der Waals surface area contributed by atoms with E-state index in [1.54, 1.807) is 6.92 Å². The summed E-state index contributed by atoms with van der Waals surface area (Å²) in [6.45, 7) is 5.70. The SMILES string of the molecule is C=C(COCCP(=O)(OC)OC)C(=O)OCC. The minimum absolute atomic E-state index is 0.0340. The molecule has 0 aromatic carbocycles. The van der Waals surface area contributed by atoms with Crippen molar-refractivity contribution in [3.63, 3.8) is 0 Å². The first kappa shape index (κ1) is 16.3. The van der Waals surface area contributed by atoms with Crippen LogP contribution in [0.25, 0.3) is 0 Å². The number of carbonyl (C=O) groups excluding carboxylic acids is 1. The van der Waals surface area contributed by atoms with Crippen molar-refractivity contribution in [1.82, 2.24) is 0 Å². The molecule has 0 amide bonds. The summed E-state index contributed by atoms with van der Waals surface area (Å²) in [6.07, 6.45) is 0.121. The van der Waals surface area contributed by atoms with E-state index in [1.165, 1.54) is 14.2 Å². The second kappa shape index (κ2) is 8.42. The zero-order valence-corrected chi connectivity index (χ0v) is 11.3. The van der Waals surface area contributed by atoms with Gasteiger partial charge < -0.3 is 18.5 Å². The van der Waals surface area contributed by atoms with Crippen molar-refractivity contribution in [3.05, 3.63) is 12.2 Å². The highest BCUT2D eigenvalue weighted by Gasteiger charge is 2.20. The minimum Gasteiger partial charge on any atom is -0.463 e. The lowest BCUT2D eigenvalue weighted by Crippen LogP contribution is -2.13. The summed E-state index contributed by atoms with van der Waals surface area (Å²) in [5.41, 5.74) is 0.219. The molecule has 0 N–H and O–H groups in total. The van der Waals surface area contributed by atoms with Gasteiger partial charge in [0.2, 0.25) is 0 Å². The van der Waals surface area contributed by atoms with E-state index in [1.807, 2.05) is 0 Å². The molecule has 0 spiro atoms. The Morgan fingerprint density at radius 3 is 2.35 bits per heavy atom. The summed E-state index contributed by atoms with van der Waals surface area (Å²) < 4.78 is 30.9. The van der Waals surface area contributed by atoms with Gasteiger partial charge in [0.05, 0.1) is 31.6 Å². The smallest absolute Gasteiger partial charge is 0.335 e. The molecule has 0 bridgehead atoms. The van der Waals surface area contributed by atoms with Crippen LogP contribution in [0.3, 0.4) is 0 Å². The standard InChI is InChI=1S/C10H19O6P/c1-5-16-10(11)9(2)8-15-6-7-17(12,13-3)14-4/h2,5-8H2,1,3-4H3. The molecule has 0 saturated carbocycles. The summed E-state index contributed by atoms with van der Waals surface area (Å²) in [7, 11) is -0.434. The fourth-order valence-corrected chi connectivity index (χ4v) is 1.79. The van der Waals surface area contributed by atoms with E-state index in [9.17, 15) is 9.36 Å². The van der Waals surface area contributed by atoms with Gasteiger partial charge in [-0.2, -0.15) is 0 Å². The molecule has 0 heterocycles. The lowest BCUT2D eigenvalue weighted by molar-refractivity contribution is -0.139. The van der Waals surface area contributed by atoms with Gasteiger partial charge in [0, 0.05) is 14.2 Å². The second-order valence-electron chi connectivity index (χ2n) is 3.08. The van der Waals surface area contributed by atoms with Crippen molar-refractivity contribution in [2.45, 2.75) is 6.92 Å². The fraction of sp³-hybridized carbons (Fsp3) is 0.700. The summed E-state index contributed by atoms with van der Waals surface area (Å²) in [4.78, 5) is 11.1. The van der Waals surface area contributed by atoms with Crippen LogP contribution >= 0.6 is 7.60 Å². The molecule has 0 aromatic heterocycles. The Morgan fingerprint density at radius 1 is 1.29 bits per heavy atom. The van der Waals surface area contributed by atoms with E-state index in [4.69, 9.17) is 18.5 Å². The van der Waals surface area contributed by atoms with E-state index in [0.717, 1.165) is 0 Å². The summed E-state index contributed by atoms with van der Waals surface area (Å²) >= 11 is 0. The molecule has 0 saturated heterocycles. The van der Waals surface area contributed by atoms with E-state index < -0.39 is 13.6 Å². The molecular formula is C10H19O6P. The Hall–Kier alpha value is -0.680. The average Bonchev–Trinajstić information content (AvgIpc) is 2.34. The minimum atomic E-state index is -3.05. The van der Waals surface area contributed by atoms with Gasteiger partial charge in [-0.25, -0.2) is 4.79 Å². The molecule has 0 radical (unpaired) electrons. The van der Waals surface area contributed by atoms with Crippen LogP contribution in [0, 0.1) is 0 Å². The van der Waals surface area contributed by atoms with Crippen molar-refractivity contribution < 1.29 is 27.9 Å². The number of carbonyl (C=O) groups is 1. The summed E-state index contributed by atoms with van der Waals surface area (Å²) in [6, 6.07) is 0. The monoisotopic (exact) mass is 266 g/mol. The molecule has 0 aliphatic rings. The molecule has 7 heteroatoms. The van der Waals surface area contributed by atoms with E-state index in [2.05, 4.69) is 6.58 Å². The normalized spacial score (nSPS) is 11.2. The molecule has 0 aliphatic heterocycles. The molecule has 17 heavy (non-hydrogen) atoms. The van der Waals surface area contributed by atoms with E-state index in [0.29, 0.717) is 6.61 Å². The molecule has 0 rings (SSSR count). The van der Waals surface area contributed by atoms with Crippen molar-refractivity contribution in [1.29, 1.82) is 0 Å². The lowest BCUT2D eigenvalue weighted by atomic mass is 10.3. The summed E-state index contributed by atoms with van der Waals surface area (Å²) in [5, 5.41) is 0. The van der Waals surface area contributed by atoms with Crippen molar-refractivity contribution in [3.8, 4) is 0 Å². The van der Waals surface area contributed by atoms with Gasteiger partial charge in [-0.05, 0) is 6.92 Å². The molecule has 100 valence electrons. The Morgan fingerprint density at radius 2 is 1.88 bits per heavy atom. The molecule has 0 atom stereocenters. The molecule has 0 fully saturated rings. The number of hydrogen-bond donors (Lipinski definition) is 0. The topological polar surface area (TPSA) is 71.1 Å². The number of esters is 1.